The van der Waals surface area contributed by atoms with Crippen molar-refractivity contribution in [2.75, 3.05) is 0 Å². The quantitative estimate of drug-likeness (QED) is 0.548. The number of ether oxygens (including phenoxy) is 1. The first-order chi connectivity index (χ1) is 7.99. The van der Waals surface area contributed by atoms with Crippen LogP contribution in [0.2, 0.25) is 0 Å². The third kappa shape index (κ3) is 4.12. The predicted octanol–water partition coefficient (Wildman–Crippen LogP) is -0.273. The van der Waals surface area contributed by atoms with Crippen molar-refractivity contribution in [2.45, 2.75) is 0 Å². The summed E-state index contributed by atoms with van der Waals surface area (Å²) in [5.74, 6) is -2.86. The van der Waals surface area contributed by atoms with Gasteiger partial charge in [0, 0.05) is 24.4 Å². The average molecular weight is 236 g/mol. The maximum atomic E-state index is 11.1. The van der Waals surface area contributed by atoms with Crippen LogP contribution in [0.25, 0.3) is 0 Å². The molecule has 0 radical (unpaired) electrons. The third-order valence-corrected chi connectivity index (χ3v) is 1.56. The molecule has 0 spiro atoms. The summed E-state index contributed by atoms with van der Waals surface area (Å²) in [6, 6.07) is 2.51. The maximum absolute atomic E-state index is 11.1. The van der Waals surface area contributed by atoms with Crippen LogP contribution in [0.15, 0.2) is 30.5 Å². The van der Waals surface area contributed by atoms with E-state index in [0.29, 0.717) is 6.08 Å². The van der Waals surface area contributed by atoms with E-state index in [9.17, 15) is 14.4 Å². The predicted molar refractivity (Wildman–Crippen MR) is 55.2 cm³/mol. The zero-order valence-electron chi connectivity index (χ0n) is 8.49. The first-order valence-corrected chi connectivity index (χ1v) is 4.37. The Morgan fingerprint density at radius 2 is 2.06 bits per heavy atom. The molecule has 3 N–H and O–H groups in total. The van der Waals surface area contributed by atoms with Crippen molar-refractivity contribution in [1.82, 2.24) is 4.98 Å². The lowest BCUT2D eigenvalue weighted by atomic mass is 10.3. The molecule has 0 saturated carbocycles. The molecule has 0 aromatic carbocycles. The number of carbonyl (C=O) groups excluding carboxylic acids is 2. The molecule has 7 heteroatoms. The van der Waals surface area contributed by atoms with Gasteiger partial charge in [0.1, 0.15) is 11.4 Å². The highest BCUT2D eigenvalue weighted by molar-refractivity contribution is 5.93. The van der Waals surface area contributed by atoms with Crippen molar-refractivity contribution >= 4 is 17.8 Å². The number of primary amides is 1. The number of amides is 1. The number of carboxylic acids is 1. The standard InChI is InChI=1S/C10H8N2O5/c11-10(16)7-5-6(3-4-12-7)17-9(15)2-1-8(13)14/h1-5H,(H2,11,16)(H,13,14)/b2-1+. The number of carboxylic acid groups (broad SMARTS) is 1. The smallest absolute Gasteiger partial charge is 0.336 e. The van der Waals surface area contributed by atoms with Gasteiger partial charge in [0.05, 0.1) is 0 Å². The van der Waals surface area contributed by atoms with Gasteiger partial charge in [-0.1, -0.05) is 0 Å². The first kappa shape index (κ1) is 12.4. The van der Waals surface area contributed by atoms with Crippen LogP contribution >= 0.6 is 0 Å². The average Bonchev–Trinajstić information content (AvgIpc) is 2.26. The molecule has 1 rings (SSSR count). The van der Waals surface area contributed by atoms with Gasteiger partial charge < -0.3 is 15.6 Å². The summed E-state index contributed by atoms with van der Waals surface area (Å²) >= 11 is 0. The third-order valence-electron chi connectivity index (χ3n) is 1.56. The van der Waals surface area contributed by atoms with E-state index in [4.69, 9.17) is 15.6 Å². The van der Waals surface area contributed by atoms with E-state index in [1.165, 1.54) is 18.3 Å². The molecule has 0 fully saturated rings. The monoisotopic (exact) mass is 236 g/mol. The first-order valence-electron chi connectivity index (χ1n) is 4.37. The van der Waals surface area contributed by atoms with E-state index in [1.807, 2.05) is 0 Å². The van der Waals surface area contributed by atoms with E-state index in [0.717, 1.165) is 6.08 Å². The van der Waals surface area contributed by atoms with Crippen molar-refractivity contribution in [1.29, 1.82) is 0 Å². The number of aliphatic carboxylic acids is 1. The van der Waals surface area contributed by atoms with Gasteiger partial charge in [-0.05, 0) is 6.07 Å². The second-order valence-corrected chi connectivity index (χ2v) is 2.83. The summed E-state index contributed by atoms with van der Waals surface area (Å²) in [5, 5.41) is 8.28. The Bertz CT molecular complexity index is 495. The molecule has 88 valence electrons. The summed E-state index contributed by atoms with van der Waals surface area (Å²) in [5.41, 5.74) is 4.92. The highest BCUT2D eigenvalue weighted by atomic mass is 16.5. The normalized spacial score (nSPS) is 10.1. The Kier molecular flexibility index (Phi) is 3.93. The highest BCUT2D eigenvalue weighted by Gasteiger charge is 2.06. The molecule has 7 nitrogen and oxygen atoms in total. The molecule has 0 aliphatic carbocycles. The summed E-state index contributed by atoms with van der Waals surface area (Å²) < 4.78 is 4.72. The topological polar surface area (TPSA) is 120 Å². The Balaban J connectivity index is 2.75. The second kappa shape index (κ2) is 5.40. The Hall–Kier alpha value is -2.70. The number of nitrogens with zero attached hydrogens (tertiary/aromatic N) is 1. The molecule has 0 saturated heterocycles. The van der Waals surface area contributed by atoms with Gasteiger partial charge >= 0.3 is 11.9 Å². The molecule has 1 aromatic rings. The number of esters is 1. The molecule has 1 aromatic heterocycles. The van der Waals surface area contributed by atoms with Crippen LogP contribution in [0.3, 0.4) is 0 Å². The van der Waals surface area contributed by atoms with Crippen molar-refractivity contribution < 1.29 is 24.2 Å². The van der Waals surface area contributed by atoms with E-state index in [-0.39, 0.29) is 11.4 Å². The lowest BCUT2D eigenvalue weighted by Crippen LogP contribution is -2.13. The molecular weight excluding hydrogens is 228 g/mol. The van der Waals surface area contributed by atoms with E-state index < -0.39 is 17.8 Å². The van der Waals surface area contributed by atoms with Gasteiger partial charge in [0.2, 0.25) is 0 Å². The number of hydrogen-bond acceptors (Lipinski definition) is 5. The van der Waals surface area contributed by atoms with Gasteiger partial charge in [-0.25, -0.2) is 9.59 Å². The van der Waals surface area contributed by atoms with Crippen LogP contribution in [-0.2, 0) is 9.59 Å². The number of aromatic nitrogens is 1. The fourth-order valence-electron chi connectivity index (χ4n) is 0.899. The molecule has 1 heterocycles. The molecule has 0 aliphatic heterocycles. The lowest BCUT2D eigenvalue weighted by molar-refractivity contribution is -0.133. The van der Waals surface area contributed by atoms with E-state index in [2.05, 4.69) is 4.98 Å². The van der Waals surface area contributed by atoms with Gasteiger partial charge in [-0.15, -0.1) is 0 Å². The molecule has 0 unspecified atom stereocenters. The van der Waals surface area contributed by atoms with Crippen LogP contribution in [0, 0.1) is 0 Å². The minimum absolute atomic E-state index is 0.0499. The van der Waals surface area contributed by atoms with Gasteiger partial charge in [-0.2, -0.15) is 0 Å². The van der Waals surface area contributed by atoms with Crippen molar-refractivity contribution in [2.24, 2.45) is 5.73 Å². The van der Waals surface area contributed by atoms with Crippen LogP contribution in [0.4, 0.5) is 0 Å². The molecule has 1 amide bonds. The number of carbonyl (C=O) groups is 3. The molecular formula is C10H8N2O5. The molecule has 0 bridgehead atoms. The minimum Gasteiger partial charge on any atom is -0.478 e. The lowest BCUT2D eigenvalue weighted by Gasteiger charge is -2.01. The fraction of sp³-hybridized carbons (Fsp3) is 0. The van der Waals surface area contributed by atoms with E-state index in [1.54, 1.807) is 0 Å². The van der Waals surface area contributed by atoms with Crippen molar-refractivity contribution in [3.63, 3.8) is 0 Å². The van der Waals surface area contributed by atoms with Gasteiger partial charge in [0.25, 0.3) is 5.91 Å². The molecule has 17 heavy (non-hydrogen) atoms. The minimum atomic E-state index is -1.27. The summed E-state index contributed by atoms with van der Waals surface area (Å²) in [6.45, 7) is 0. The fourth-order valence-corrected chi connectivity index (χ4v) is 0.899. The Morgan fingerprint density at radius 3 is 2.65 bits per heavy atom. The Labute approximate surface area is 95.5 Å². The molecule has 0 atom stereocenters. The van der Waals surface area contributed by atoms with Crippen molar-refractivity contribution in [3.8, 4) is 5.75 Å². The van der Waals surface area contributed by atoms with Crippen LogP contribution < -0.4 is 10.5 Å². The summed E-state index contributed by atoms with van der Waals surface area (Å²) in [7, 11) is 0. The zero-order valence-corrected chi connectivity index (χ0v) is 8.49. The summed E-state index contributed by atoms with van der Waals surface area (Å²) in [4.78, 5) is 35.6. The number of pyridine rings is 1. The SMILES string of the molecule is NC(=O)c1cc(OC(=O)/C=C/C(=O)O)ccn1. The summed E-state index contributed by atoms with van der Waals surface area (Å²) in [6.07, 6.45) is 2.62. The van der Waals surface area contributed by atoms with E-state index >= 15 is 0 Å². The zero-order chi connectivity index (χ0) is 12.8. The van der Waals surface area contributed by atoms with Crippen LogP contribution in [-0.4, -0.2) is 27.9 Å². The number of nitrogens with two attached hydrogens (primary N) is 1. The largest absolute Gasteiger partial charge is 0.478 e. The van der Waals surface area contributed by atoms with Crippen molar-refractivity contribution in [3.05, 3.63) is 36.2 Å². The Morgan fingerprint density at radius 1 is 1.35 bits per heavy atom. The maximum Gasteiger partial charge on any atom is 0.336 e. The number of rotatable bonds is 4. The molecule has 0 aliphatic rings. The van der Waals surface area contributed by atoms with Gasteiger partial charge in [0.15, 0.2) is 0 Å². The van der Waals surface area contributed by atoms with Crippen LogP contribution in [0.1, 0.15) is 10.5 Å². The highest BCUT2D eigenvalue weighted by Crippen LogP contribution is 2.10. The number of hydrogen-bond donors (Lipinski definition) is 2. The second-order valence-electron chi connectivity index (χ2n) is 2.83. The van der Waals surface area contributed by atoms with Gasteiger partial charge in [-0.3, -0.25) is 9.78 Å². The van der Waals surface area contributed by atoms with Crippen LogP contribution in [0.5, 0.6) is 5.75 Å².